The fraction of sp³-hybridized carbons (Fsp3) is 0.923. The lowest BCUT2D eigenvalue weighted by atomic mass is 10.1. The molecule has 1 fully saturated rings. The summed E-state index contributed by atoms with van der Waals surface area (Å²) < 4.78 is 24.8. The Hall–Kier alpha value is -0.660. The summed E-state index contributed by atoms with van der Waals surface area (Å²) in [5.41, 5.74) is 0. The third kappa shape index (κ3) is 6.19. The summed E-state index contributed by atoms with van der Waals surface area (Å²) in [6.07, 6.45) is 5.10. The molecule has 20 heavy (non-hydrogen) atoms. The molecule has 0 unspecified atom stereocenters. The molecular formula is C13H27N3O3S. The van der Waals surface area contributed by atoms with Gasteiger partial charge in [-0.25, -0.2) is 8.42 Å². The lowest BCUT2D eigenvalue weighted by molar-refractivity contribution is -0.132. The minimum absolute atomic E-state index is 0.0216. The first-order chi connectivity index (χ1) is 9.30. The molecule has 0 atom stereocenters. The van der Waals surface area contributed by atoms with Gasteiger partial charge < -0.3 is 9.80 Å². The van der Waals surface area contributed by atoms with Gasteiger partial charge in [0, 0.05) is 19.6 Å². The Morgan fingerprint density at radius 1 is 1.10 bits per heavy atom. The van der Waals surface area contributed by atoms with E-state index in [-0.39, 0.29) is 12.5 Å². The molecular weight excluding hydrogens is 278 g/mol. The van der Waals surface area contributed by atoms with Crippen molar-refractivity contribution in [1.29, 1.82) is 0 Å². The standard InChI is InChI=1S/C13H27N3O3S/c1-14(2)8-7-11-16(20(3,18)19)12-13(17)15-9-5-4-6-10-15/h4-12H2,1-3H3. The van der Waals surface area contributed by atoms with Crippen LogP contribution in [0.25, 0.3) is 0 Å². The first kappa shape index (κ1) is 17.4. The van der Waals surface area contributed by atoms with E-state index in [9.17, 15) is 13.2 Å². The topological polar surface area (TPSA) is 60.9 Å². The Morgan fingerprint density at radius 2 is 1.70 bits per heavy atom. The fourth-order valence-corrected chi connectivity index (χ4v) is 3.13. The minimum Gasteiger partial charge on any atom is -0.342 e. The summed E-state index contributed by atoms with van der Waals surface area (Å²) >= 11 is 0. The van der Waals surface area contributed by atoms with Crippen molar-refractivity contribution in [2.45, 2.75) is 25.7 Å². The number of nitrogens with zero attached hydrogens (tertiary/aromatic N) is 3. The SMILES string of the molecule is CN(C)CCCN(CC(=O)N1CCCCC1)S(C)(=O)=O. The second-order valence-corrected chi connectivity index (χ2v) is 7.68. The monoisotopic (exact) mass is 305 g/mol. The predicted octanol–water partition coefficient (Wildman–Crippen LogP) is 0.212. The molecule has 1 aliphatic heterocycles. The zero-order chi connectivity index (χ0) is 15.2. The molecule has 0 spiro atoms. The van der Waals surface area contributed by atoms with Gasteiger partial charge in [0.25, 0.3) is 0 Å². The smallest absolute Gasteiger partial charge is 0.237 e. The molecule has 0 N–H and O–H groups in total. The van der Waals surface area contributed by atoms with Crippen LogP contribution < -0.4 is 0 Å². The van der Waals surface area contributed by atoms with Crippen LogP contribution in [0, 0.1) is 0 Å². The van der Waals surface area contributed by atoms with Crippen molar-refractivity contribution >= 4 is 15.9 Å². The maximum Gasteiger partial charge on any atom is 0.237 e. The molecule has 118 valence electrons. The number of piperidine rings is 1. The van der Waals surface area contributed by atoms with E-state index in [0.717, 1.165) is 45.3 Å². The molecule has 0 aromatic carbocycles. The maximum atomic E-state index is 12.2. The van der Waals surface area contributed by atoms with Crippen LogP contribution >= 0.6 is 0 Å². The average Bonchev–Trinajstić information content (AvgIpc) is 2.37. The number of likely N-dealkylation sites (tertiary alicyclic amines) is 1. The van der Waals surface area contributed by atoms with Gasteiger partial charge in [0.05, 0.1) is 12.8 Å². The van der Waals surface area contributed by atoms with E-state index in [0.29, 0.717) is 6.54 Å². The van der Waals surface area contributed by atoms with Crippen molar-refractivity contribution in [3.63, 3.8) is 0 Å². The van der Waals surface area contributed by atoms with Crippen LogP contribution in [0.3, 0.4) is 0 Å². The van der Waals surface area contributed by atoms with E-state index >= 15 is 0 Å². The third-order valence-corrected chi connectivity index (χ3v) is 4.75. The summed E-state index contributed by atoms with van der Waals surface area (Å²) in [7, 11) is 0.567. The summed E-state index contributed by atoms with van der Waals surface area (Å²) in [5.74, 6) is -0.0695. The molecule has 7 heteroatoms. The van der Waals surface area contributed by atoms with Gasteiger partial charge in [-0.3, -0.25) is 4.79 Å². The molecule has 1 rings (SSSR count). The number of rotatable bonds is 7. The van der Waals surface area contributed by atoms with Crippen molar-refractivity contribution in [1.82, 2.24) is 14.1 Å². The van der Waals surface area contributed by atoms with Crippen molar-refractivity contribution in [3.05, 3.63) is 0 Å². The summed E-state index contributed by atoms with van der Waals surface area (Å²) in [6, 6.07) is 0. The molecule has 0 radical (unpaired) electrons. The Labute approximate surface area is 122 Å². The Kier molecular flexibility index (Phi) is 6.91. The molecule has 1 aliphatic rings. The lowest BCUT2D eigenvalue weighted by Gasteiger charge is -2.29. The predicted molar refractivity (Wildman–Crippen MR) is 80.0 cm³/mol. The van der Waals surface area contributed by atoms with E-state index in [1.165, 1.54) is 10.6 Å². The summed E-state index contributed by atoms with van der Waals surface area (Å²) in [5, 5.41) is 0. The quantitative estimate of drug-likeness (QED) is 0.675. The van der Waals surface area contributed by atoms with Gasteiger partial charge >= 0.3 is 0 Å². The number of carbonyl (C=O) groups is 1. The van der Waals surface area contributed by atoms with Crippen molar-refractivity contribution < 1.29 is 13.2 Å². The molecule has 1 heterocycles. The van der Waals surface area contributed by atoms with Crippen LogP contribution in [0.15, 0.2) is 0 Å². The first-order valence-corrected chi connectivity index (χ1v) is 9.03. The average molecular weight is 305 g/mol. The highest BCUT2D eigenvalue weighted by Gasteiger charge is 2.24. The van der Waals surface area contributed by atoms with Gasteiger partial charge in [-0.05, 0) is 46.3 Å². The van der Waals surface area contributed by atoms with Crippen molar-refractivity contribution in [2.75, 3.05) is 53.1 Å². The molecule has 0 aromatic heterocycles. The summed E-state index contributed by atoms with van der Waals surface area (Å²) in [6.45, 7) is 2.70. The first-order valence-electron chi connectivity index (χ1n) is 7.18. The number of amides is 1. The third-order valence-electron chi connectivity index (χ3n) is 3.50. The maximum absolute atomic E-state index is 12.2. The van der Waals surface area contributed by atoms with E-state index in [2.05, 4.69) is 0 Å². The fourth-order valence-electron chi connectivity index (χ4n) is 2.32. The van der Waals surface area contributed by atoms with Crippen molar-refractivity contribution in [3.8, 4) is 0 Å². The van der Waals surface area contributed by atoms with Gasteiger partial charge in [0.2, 0.25) is 15.9 Å². The van der Waals surface area contributed by atoms with E-state index < -0.39 is 10.0 Å². The number of carbonyl (C=O) groups excluding carboxylic acids is 1. The van der Waals surface area contributed by atoms with Gasteiger partial charge in [-0.15, -0.1) is 0 Å². The van der Waals surface area contributed by atoms with Crippen LogP contribution in [0.4, 0.5) is 0 Å². The molecule has 6 nitrogen and oxygen atoms in total. The molecule has 1 amide bonds. The van der Waals surface area contributed by atoms with E-state index in [1.807, 2.05) is 19.0 Å². The summed E-state index contributed by atoms with van der Waals surface area (Å²) in [4.78, 5) is 16.0. The largest absolute Gasteiger partial charge is 0.342 e. The van der Waals surface area contributed by atoms with Gasteiger partial charge in [-0.2, -0.15) is 4.31 Å². The molecule has 0 aliphatic carbocycles. The molecule has 0 saturated carbocycles. The molecule has 1 saturated heterocycles. The van der Waals surface area contributed by atoms with Gasteiger partial charge in [0.1, 0.15) is 0 Å². The van der Waals surface area contributed by atoms with Crippen molar-refractivity contribution in [2.24, 2.45) is 0 Å². The number of hydrogen-bond acceptors (Lipinski definition) is 4. The zero-order valence-corrected chi connectivity index (χ0v) is 13.7. The lowest BCUT2D eigenvalue weighted by Crippen LogP contribution is -2.45. The highest BCUT2D eigenvalue weighted by Crippen LogP contribution is 2.10. The van der Waals surface area contributed by atoms with Crippen LogP contribution in [0.5, 0.6) is 0 Å². The Morgan fingerprint density at radius 3 is 2.20 bits per heavy atom. The highest BCUT2D eigenvalue weighted by atomic mass is 32.2. The Balaban J connectivity index is 2.53. The van der Waals surface area contributed by atoms with E-state index in [4.69, 9.17) is 0 Å². The Bertz CT molecular complexity index is 403. The second-order valence-electron chi connectivity index (χ2n) is 5.69. The van der Waals surface area contributed by atoms with Crippen LogP contribution in [0.2, 0.25) is 0 Å². The number of hydrogen-bond donors (Lipinski definition) is 0. The van der Waals surface area contributed by atoms with Gasteiger partial charge in [0.15, 0.2) is 0 Å². The van der Waals surface area contributed by atoms with Gasteiger partial charge in [-0.1, -0.05) is 0 Å². The zero-order valence-electron chi connectivity index (χ0n) is 12.8. The minimum atomic E-state index is -3.33. The van der Waals surface area contributed by atoms with Crippen LogP contribution in [0.1, 0.15) is 25.7 Å². The highest BCUT2D eigenvalue weighted by molar-refractivity contribution is 7.88. The van der Waals surface area contributed by atoms with Crippen LogP contribution in [-0.4, -0.2) is 81.5 Å². The number of sulfonamides is 1. The molecule has 0 bridgehead atoms. The molecule has 0 aromatic rings. The second kappa shape index (κ2) is 7.95. The van der Waals surface area contributed by atoms with E-state index in [1.54, 1.807) is 4.90 Å². The van der Waals surface area contributed by atoms with Crippen LogP contribution in [-0.2, 0) is 14.8 Å². The normalized spacial score (nSPS) is 16.9.